The number of hydrogen-bond acceptors (Lipinski definition) is 5. The van der Waals surface area contributed by atoms with Crippen molar-refractivity contribution in [3.63, 3.8) is 0 Å². The standard InChI is InChI=1S/C7H19Si2.3C4H13BN.2C4H8O.2Sr/c1-8(2,3)7-9(4,5)6;3*1-4(2,3)6-5;2*1-2-4-5-3-1;;/h7H,1-6H3;3*6H,1-3,5H3;2*1-4H2;;/q4*-1;;;2*+2. The zero-order chi connectivity index (χ0) is 30.4. The first-order chi connectivity index (χ1) is 16.4. The topological polar surface area (TPSA) is 54.6 Å². The first-order valence-electron chi connectivity index (χ1n) is 13.0. The molecule has 0 saturated carbocycles. The quantitative estimate of drug-likeness (QED) is 0.301. The predicted molar refractivity (Wildman–Crippen MR) is 201 cm³/mol. The Morgan fingerprint density at radius 1 is 0.487 bits per heavy atom. The van der Waals surface area contributed by atoms with Crippen molar-refractivity contribution in [3.8, 4) is 0 Å². The third-order valence-electron chi connectivity index (χ3n) is 2.52. The van der Waals surface area contributed by atoms with Gasteiger partial charge in [0.05, 0.1) is 0 Å². The molecule has 0 aromatic rings. The molecular formula is C27H74B3N3O2Si2Sr2. The Morgan fingerprint density at radius 3 is 0.667 bits per heavy atom. The molecular weight excluding hydrogens is 662 g/mol. The van der Waals surface area contributed by atoms with Crippen LogP contribution in [0.5, 0.6) is 0 Å². The predicted octanol–water partition coefficient (Wildman–Crippen LogP) is 2.74. The maximum Gasteiger partial charge on any atom is 2.00 e. The van der Waals surface area contributed by atoms with Gasteiger partial charge in [-0.1, -0.05) is 102 Å². The molecule has 0 aromatic heterocycles. The summed E-state index contributed by atoms with van der Waals surface area (Å²) in [6.07, 6.45) is 5.11. The van der Waals surface area contributed by atoms with Gasteiger partial charge in [-0.25, -0.2) is 0 Å². The molecule has 2 aliphatic rings. The monoisotopic (exact) mass is 737 g/mol. The van der Waals surface area contributed by atoms with Gasteiger partial charge in [0.15, 0.2) is 0 Å². The Balaban J connectivity index is -0.0000000838. The van der Waals surface area contributed by atoms with Crippen LogP contribution < -0.4 is 15.7 Å². The average molecular weight is 737 g/mol. The van der Waals surface area contributed by atoms with E-state index in [9.17, 15) is 0 Å². The Kier molecular flexibility index (Phi) is 42.3. The normalized spacial score (nSPS) is 14.9. The van der Waals surface area contributed by atoms with Gasteiger partial charge in [0.1, 0.15) is 0 Å². The van der Waals surface area contributed by atoms with E-state index in [0.717, 1.165) is 26.4 Å². The first-order valence-corrected chi connectivity index (χ1v) is 20.1. The van der Waals surface area contributed by atoms with E-state index < -0.39 is 16.1 Å². The summed E-state index contributed by atoms with van der Waals surface area (Å²) < 4.78 is 9.89. The zero-order valence-corrected chi connectivity index (χ0v) is 36.4. The summed E-state index contributed by atoms with van der Waals surface area (Å²) in [5.41, 5.74) is 3.86. The van der Waals surface area contributed by atoms with Crippen LogP contribution >= 0.6 is 0 Å². The molecule has 39 heavy (non-hydrogen) atoms. The second kappa shape index (κ2) is 30.1. The third-order valence-corrected chi connectivity index (χ3v) is 9.45. The van der Waals surface area contributed by atoms with Crippen molar-refractivity contribution in [2.75, 3.05) is 26.4 Å². The molecule has 0 bridgehead atoms. The van der Waals surface area contributed by atoms with Crippen molar-refractivity contribution < 1.29 is 9.47 Å². The van der Waals surface area contributed by atoms with Gasteiger partial charge in [-0.15, -0.1) is 16.1 Å². The Bertz CT molecular complexity index is 417. The second-order valence-electron chi connectivity index (χ2n) is 14.3. The molecule has 5 nitrogen and oxygen atoms in total. The van der Waals surface area contributed by atoms with E-state index in [-0.39, 0.29) is 91.0 Å². The average Bonchev–Trinajstić information content (AvgIpc) is 3.43. The van der Waals surface area contributed by atoms with Crippen molar-refractivity contribution in [2.24, 2.45) is 0 Å². The maximum absolute atomic E-state index is 4.94. The van der Waals surface area contributed by atoms with Crippen LogP contribution in [0, 0.1) is 5.67 Å². The molecule has 0 radical (unpaired) electrons. The molecule has 2 saturated heterocycles. The smallest absolute Gasteiger partial charge is 0.493 e. The minimum Gasteiger partial charge on any atom is -0.493 e. The van der Waals surface area contributed by atoms with Gasteiger partial charge in [0, 0.05) is 50.4 Å². The Hall–Kier alpha value is 3.39. The van der Waals surface area contributed by atoms with E-state index in [1.165, 1.54) is 25.7 Å². The van der Waals surface area contributed by atoms with Crippen molar-refractivity contribution in [1.82, 2.24) is 15.7 Å². The van der Waals surface area contributed by atoms with Crippen LogP contribution in [0.4, 0.5) is 0 Å². The molecule has 0 amide bonds. The van der Waals surface area contributed by atoms with E-state index >= 15 is 0 Å². The fourth-order valence-corrected chi connectivity index (χ4v) is 12.7. The van der Waals surface area contributed by atoms with E-state index in [2.05, 4.69) is 123 Å². The molecule has 0 unspecified atom stereocenters. The molecule has 0 aliphatic carbocycles. The number of hydrogen-bond donors (Lipinski definition) is 3. The van der Waals surface area contributed by atoms with Gasteiger partial charge in [-0.2, -0.15) is 0 Å². The summed E-state index contributed by atoms with van der Waals surface area (Å²) in [7, 11) is -0.483. The van der Waals surface area contributed by atoms with Crippen LogP contribution in [0.3, 0.4) is 0 Å². The van der Waals surface area contributed by atoms with Crippen LogP contribution in [0.2, 0.25) is 39.3 Å². The molecule has 2 aliphatic heterocycles. The summed E-state index contributed by atoms with van der Waals surface area (Å²) in [5, 5.41) is 10.1. The molecule has 3 N–H and O–H groups in total. The molecule has 0 spiro atoms. The zero-order valence-electron chi connectivity index (χ0n) is 27.5. The molecule has 12 heteroatoms. The summed E-state index contributed by atoms with van der Waals surface area (Å²) in [6.45, 7) is 38.2. The van der Waals surface area contributed by atoms with E-state index in [0.29, 0.717) is 40.6 Å². The van der Waals surface area contributed by atoms with E-state index in [1.54, 1.807) is 0 Å². The summed E-state index contributed by atoms with van der Waals surface area (Å²) >= 11 is 0. The van der Waals surface area contributed by atoms with E-state index in [4.69, 9.17) is 9.47 Å². The number of ether oxygens (including phenoxy) is 2. The summed E-state index contributed by atoms with van der Waals surface area (Å²) in [5.74, 6) is 0. The van der Waals surface area contributed by atoms with Gasteiger partial charge in [-0.05, 0) is 42.3 Å². The van der Waals surface area contributed by atoms with Crippen LogP contribution in [-0.2, 0) is 9.47 Å². The van der Waals surface area contributed by atoms with Crippen LogP contribution in [0.15, 0.2) is 0 Å². The van der Waals surface area contributed by atoms with Crippen molar-refractivity contribution in [3.05, 3.63) is 5.67 Å². The molecule has 0 atom stereocenters. The van der Waals surface area contributed by atoms with E-state index in [1.807, 2.05) is 0 Å². The van der Waals surface area contributed by atoms with Gasteiger partial charge in [-0.3, -0.25) is 0 Å². The van der Waals surface area contributed by atoms with Gasteiger partial charge in [0.25, 0.3) is 0 Å². The van der Waals surface area contributed by atoms with Gasteiger partial charge < -0.3 is 30.8 Å². The minimum absolute atomic E-state index is 0. The maximum atomic E-state index is 4.94. The first kappa shape index (κ1) is 54.8. The van der Waals surface area contributed by atoms with Crippen molar-refractivity contribution >= 4 is 131 Å². The van der Waals surface area contributed by atoms with Crippen molar-refractivity contribution in [1.29, 1.82) is 0 Å². The summed E-state index contributed by atoms with van der Waals surface area (Å²) in [4.78, 5) is 0. The molecule has 0 aromatic carbocycles. The van der Waals surface area contributed by atoms with Crippen LogP contribution in [0.1, 0.15) is 88.0 Å². The molecule has 230 valence electrons. The van der Waals surface area contributed by atoms with Gasteiger partial charge in [0.2, 0.25) is 0 Å². The largest absolute Gasteiger partial charge is 2.00 e. The number of rotatable bonds is 2. The van der Waals surface area contributed by atoms with Crippen LogP contribution in [-0.4, -0.2) is 174 Å². The second-order valence-corrected chi connectivity index (χ2v) is 24.9. The van der Waals surface area contributed by atoms with Gasteiger partial charge >= 0.3 is 91.0 Å². The fraction of sp³-hybridized carbons (Fsp3) is 0.963. The fourth-order valence-electron chi connectivity index (χ4n) is 2.32. The SMILES string of the molecule is C1CCOC1.C1CCOC1.C[Si](C)(C)[CH-][Si](C)(C)C.[BH3-]NC(C)(C)C.[BH3-]NC(C)(C)C.[BH3-]NC(C)(C)C.[Sr+2].[Sr+2]. The number of nitrogens with one attached hydrogen (secondary N) is 3. The summed E-state index contributed by atoms with van der Waals surface area (Å²) in [6, 6.07) is 0. The van der Waals surface area contributed by atoms with Crippen molar-refractivity contribution in [2.45, 2.75) is 144 Å². The Labute approximate surface area is 327 Å². The molecule has 2 fully saturated rings. The minimum atomic E-state index is -0.856. The Morgan fingerprint density at radius 2 is 0.641 bits per heavy atom. The van der Waals surface area contributed by atoms with Crippen LogP contribution in [0.25, 0.3) is 0 Å². The molecule has 2 rings (SSSR count). The third kappa shape index (κ3) is 79.7. The molecule has 2 heterocycles.